The molecule has 0 unspecified atom stereocenters. The van der Waals surface area contributed by atoms with E-state index in [9.17, 15) is 0 Å². The van der Waals surface area contributed by atoms with E-state index in [1.165, 1.54) is 30.3 Å². The van der Waals surface area contributed by atoms with Crippen LogP contribution in [-0.4, -0.2) is 14.9 Å². The van der Waals surface area contributed by atoms with Gasteiger partial charge in [0.1, 0.15) is 0 Å². The molecule has 0 bridgehead atoms. The van der Waals surface area contributed by atoms with E-state index in [2.05, 4.69) is 80.6 Å². The van der Waals surface area contributed by atoms with Gasteiger partial charge in [0.05, 0.1) is 0 Å². The van der Waals surface area contributed by atoms with Crippen LogP contribution >= 0.6 is 0 Å². The van der Waals surface area contributed by atoms with Gasteiger partial charge in [0.25, 0.3) is 0 Å². The van der Waals surface area contributed by atoms with Gasteiger partial charge >= 0.3 is 41.3 Å². The Hall–Kier alpha value is -1.05. The quantitative estimate of drug-likeness (QED) is 0.393. The maximum Gasteiger partial charge on any atom is 0.0433 e. The number of benzene rings is 2. The second kappa shape index (κ2) is 14.9. The van der Waals surface area contributed by atoms with Crippen molar-refractivity contribution in [3.05, 3.63) is 84.4 Å². The Bertz CT molecular complexity index is 872. The number of fused-ring (bicyclic) bond motifs is 3. The maximum atomic E-state index is 8.47. The van der Waals surface area contributed by atoms with Crippen LogP contribution in [0.5, 0.6) is 0 Å². The zero-order valence-electron chi connectivity index (χ0n) is 16.3. The minimum atomic E-state index is 0. The van der Waals surface area contributed by atoms with E-state index in [0.29, 0.717) is 6.61 Å². The molecule has 0 aromatic heterocycles. The summed E-state index contributed by atoms with van der Waals surface area (Å²) in [5.41, 5.74) is 1.32. The van der Waals surface area contributed by atoms with Crippen molar-refractivity contribution in [1.82, 2.24) is 0 Å². The summed E-state index contributed by atoms with van der Waals surface area (Å²) in [6.45, 7) is 4.54. The largest absolute Gasteiger partial charge is 1.00 e. The molecular weight excluding hydrogens is 466 g/mol. The third-order valence-electron chi connectivity index (χ3n) is 3.88. The molecule has 0 saturated heterocycles. The summed E-state index contributed by atoms with van der Waals surface area (Å²) in [4.78, 5) is 0. The van der Waals surface area contributed by atoms with Gasteiger partial charge in [0, 0.05) is 6.61 Å². The monoisotopic (exact) mass is 490 g/mol. The Kier molecular flexibility index (Phi) is 14.3. The first-order chi connectivity index (χ1) is 12.6. The van der Waals surface area contributed by atoms with Crippen molar-refractivity contribution in [3.8, 4) is 0 Å². The van der Waals surface area contributed by atoms with Gasteiger partial charge in [-0.25, -0.2) is 12.1 Å². The summed E-state index contributed by atoms with van der Waals surface area (Å²) in [6, 6.07) is 27.5. The molecule has 1 nitrogen and oxygen atoms in total. The van der Waals surface area contributed by atoms with Crippen LogP contribution in [0, 0.1) is 0 Å². The summed E-state index contributed by atoms with van der Waals surface area (Å²) in [6.07, 6.45) is 1.88. The van der Waals surface area contributed by atoms with Crippen LogP contribution in [0.15, 0.2) is 78.9 Å². The molecule has 0 aliphatic rings. The fourth-order valence-electron chi connectivity index (χ4n) is 2.77. The average molecular weight is 493 g/mol. The van der Waals surface area contributed by atoms with Gasteiger partial charge < -0.3 is 29.9 Å². The van der Waals surface area contributed by atoms with Crippen molar-refractivity contribution < 1.29 is 54.2 Å². The number of aryl methyl sites for hydroxylation is 1. The Morgan fingerprint density at radius 1 is 0.857 bits per heavy atom. The molecule has 0 radical (unpaired) electrons. The Morgan fingerprint density at radius 3 is 1.79 bits per heavy atom. The molecule has 0 aliphatic carbocycles. The second-order valence-electron chi connectivity index (χ2n) is 6.44. The number of hydrogen-bond acceptors (Lipinski definition) is 1. The fraction of sp³-hybridized carbons (Fsp3) is 0.208. The van der Waals surface area contributed by atoms with E-state index in [0.717, 1.165) is 12.8 Å². The molecule has 4 rings (SSSR count). The van der Waals surface area contributed by atoms with Gasteiger partial charge in [-0.3, -0.25) is 0 Å². The van der Waals surface area contributed by atoms with Crippen molar-refractivity contribution in [2.75, 3.05) is 6.61 Å². The molecular formula is C24H26Cl2OZr-2. The second-order valence-corrected chi connectivity index (χ2v) is 8.90. The van der Waals surface area contributed by atoms with Crippen molar-refractivity contribution >= 4 is 24.8 Å². The Morgan fingerprint density at radius 2 is 1.36 bits per heavy atom. The van der Waals surface area contributed by atoms with Crippen LogP contribution in [0.3, 0.4) is 0 Å². The zero-order chi connectivity index (χ0) is 18.8. The summed E-state index contributed by atoms with van der Waals surface area (Å²) < 4.78 is 1.51. The van der Waals surface area contributed by atoms with Gasteiger partial charge in [0.15, 0.2) is 0 Å². The molecule has 1 N–H and O–H groups in total. The first-order valence-corrected chi connectivity index (χ1v) is 10.2. The van der Waals surface area contributed by atoms with E-state index in [1.807, 2.05) is 12.1 Å². The molecule has 0 fully saturated rings. The topological polar surface area (TPSA) is 20.2 Å². The van der Waals surface area contributed by atoms with E-state index < -0.39 is 0 Å². The molecule has 0 saturated carbocycles. The number of rotatable bonds is 3. The Labute approximate surface area is 195 Å². The Balaban J connectivity index is 0.000000432. The van der Waals surface area contributed by atoms with Crippen molar-refractivity contribution in [2.45, 2.75) is 26.7 Å². The predicted octanol–water partition coefficient (Wildman–Crippen LogP) is -0.204. The van der Waals surface area contributed by atoms with Crippen molar-refractivity contribution in [2.24, 2.45) is 0 Å². The molecule has 4 aromatic carbocycles. The molecule has 0 spiro atoms. The summed E-state index contributed by atoms with van der Waals surface area (Å²) in [7, 11) is 0. The van der Waals surface area contributed by atoms with Crippen LogP contribution in [0.1, 0.15) is 25.8 Å². The van der Waals surface area contributed by atoms with Crippen LogP contribution in [0.25, 0.3) is 21.5 Å². The number of aliphatic hydroxyl groups excluding tert-OH is 1. The average Bonchev–Trinajstić information content (AvgIpc) is 3.27. The normalized spacial score (nSPS) is 9.32. The first kappa shape index (κ1) is 27.0. The van der Waals surface area contributed by atoms with Gasteiger partial charge in [-0.1, -0.05) is 36.4 Å². The van der Waals surface area contributed by atoms with E-state index >= 15 is 0 Å². The molecule has 4 aromatic rings. The third kappa shape index (κ3) is 8.97. The van der Waals surface area contributed by atoms with E-state index in [4.69, 9.17) is 5.11 Å². The minimum absolute atomic E-state index is 0. The van der Waals surface area contributed by atoms with E-state index in [-0.39, 0.29) is 24.8 Å². The third-order valence-corrected chi connectivity index (χ3v) is 3.88. The summed E-state index contributed by atoms with van der Waals surface area (Å²) in [5, 5.41) is 13.9. The van der Waals surface area contributed by atoms with Crippen molar-refractivity contribution in [3.63, 3.8) is 0 Å². The smallest absolute Gasteiger partial charge is 0.0433 e. The SMILES string of the molecule is C[C](C)=[Zr+2].OCCCc1ccc[cH-]1.[Cl-].[Cl-].c1ccc2c(c1)[cH-]c1ccccc12. The van der Waals surface area contributed by atoms with Gasteiger partial charge in [-0.05, 0) is 12.8 Å². The number of hydrogen-bond donors (Lipinski definition) is 1. The maximum absolute atomic E-state index is 8.47. The van der Waals surface area contributed by atoms with Crippen LogP contribution < -0.4 is 24.8 Å². The summed E-state index contributed by atoms with van der Waals surface area (Å²) in [5.74, 6) is 0. The molecule has 28 heavy (non-hydrogen) atoms. The zero-order valence-corrected chi connectivity index (χ0v) is 20.3. The number of aliphatic hydroxyl groups is 1. The van der Waals surface area contributed by atoms with Gasteiger partial charge in [-0.2, -0.15) is 17.7 Å². The fourth-order valence-corrected chi connectivity index (χ4v) is 2.77. The molecule has 0 atom stereocenters. The molecule has 0 amide bonds. The number of halogens is 2. The van der Waals surface area contributed by atoms with Crippen molar-refractivity contribution in [1.29, 1.82) is 0 Å². The van der Waals surface area contributed by atoms with Gasteiger partial charge in [-0.15, -0.1) is 39.7 Å². The minimum Gasteiger partial charge on any atom is -1.00 e. The first-order valence-electron chi connectivity index (χ1n) is 8.98. The van der Waals surface area contributed by atoms with Crippen LogP contribution in [0.4, 0.5) is 0 Å². The van der Waals surface area contributed by atoms with E-state index in [1.54, 1.807) is 24.2 Å². The van der Waals surface area contributed by atoms with Crippen LogP contribution in [-0.2, 0) is 30.7 Å². The molecule has 0 heterocycles. The van der Waals surface area contributed by atoms with Crippen LogP contribution in [0.2, 0.25) is 0 Å². The molecule has 4 heteroatoms. The predicted molar refractivity (Wildman–Crippen MR) is 111 cm³/mol. The standard InChI is InChI=1S/C13H9.C8H11O.C3H6.2ClH.Zr/c1-3-7-12-10(5-1)9-11-6-2-4-8-13(11)12;9-7-3-6-8-4-1-2-5-8;1-3-2;;;/h1-9H;1-2,4-5,9H,3,6-7H2;1-2H3;2*1H;/q2*-1;;;;+2/p-2. The molecule has 148 valence electrons. The summed E-state index contributed by atoms with van der Waals surface area (Å²) >= 11 is 1.55. The molecule has 0 aliphatic heterocycles. The van der Waals surface area contributed by atoms with Gasteiger partial charge in [0.2, 0.25) is 0 Å².